The van der Waals surface area contributed by atoms with E-state index in [2.05, 4.69) is 20.7 Å². The van der Waals surface area contributed by atoms with Crippen LogP contribution in [0.2, 0.25) is 0 Å². The third kappa shape index (κ3) is 2.74. The van der Waals surface area contributed by atoms with Crippen molar-refractivity contribution in [3.63, 3.8) is 0 Å². The van der Waals surface area contributed by atoms with E-state index in [4.69, 9.17) is 5.84 Å². The SMILES string of the molecule is Cc1nc(NN)nc(N2CCNC(=O)CC2)c1[N+](=O)[O-]. The molecule has 2 heterocycles. The molecule has 1 fully saturated rings. The lowest BCUT2D eigenvalue weighted by Gasteiger charge is -2.21. The lowest BCUT2D eigenvalue weighted by atomic mass is 10.3. The molecule has 1 aliphatic heterocycles. The van der Waals surface area contributed by atoms with Crippen molar-refractivity contribution >= 4 is 23.4 Å². The Labute approximate surface area is 114 Å². The van der Waals surface area contributed by atoms with Gasteiger partial charge in [-0.3, -0.25) is 20.3 Å². The summed E-state index contributed by atoms with van der Waals surface area (Å²) >= 11 is 0. The minimum Gasteiger partial charge on any atom is -0.354 e. The molecule has 20 heavy (non-hydrogen) atoms. The number of rotatable bonds is 3. The monoisotopic (exact) mass is 281 g/mol. The fourth-order valence-corrected chi connectivity index (χ4v) is 2.03. The van der Waals surface area contributed by atoms with Crippen molar-refractivity contribution in [3.05, 3.63) is 15.8 Å². The van der Waals surface area contributed by atoms with Crippen molar-refractivity contribution in [2.24, 2.45) is 5.84 Å². The molecule has 0 radical (unpaired) electrons. The Morgan fingerprint density at radius 2 is 2.20 bits per heavy atom. The van der Waals surface area contributed by atoms with Crippen LogP contribution in [-0.4, -0.2) is 40.4 Å². The predicted molar refractivity (Wildman–Crippen MR) is 71.1 cm³/mol. The zero-order chi connectivity index (χ0) is 14.7. The minimum absolute atomic E-state index is 0.0851. The fourth-order valence-electron chi connectivity index (χ4n) is 2.03. The minimum atomic E-state index is -0.523. The zero-order valence-corrected chi connectivity index (χ0v) is 10.9. The van der Waals surface area contributed by atoms with Crippen molar-refractivity contribution in [1.29, 1.82) is 0 Å². The molecular weight excluding hydrogens is 266 g/mol. The van der Waals surface area contributed by atoms with Crippen LogP contribution in [-0.2, 0) is 4.79 Å². The number of hydrazine groups is 1. The van der Waals surface area contributed by atoms with Crippen LogP contribution in [0.1, 0.15) is 12.1 Å². The van der Waals surface area contributed by atoms with Gasteiger partial charge < -0.3 is 10.2 Å². The Balaban J connectivity index is 2.44. The predicted octanol–water partition coefficient (Wildman–Crippen LogP) is -0.695. The molecule has 0 saturated carbocycles. The first kappa shape index (κ1) is 13.9. The molecule has 0 bridgehead atoms. The van der Waals surface area contributed by atoms with Crippen LogP contribution in [0.3, 0.4) is 0 Å². The van der Waals surface area contributed by atoms with E-state index in [9.17, 15) is 14.9 Å². The highest BCUT2D eigenvalue weighted by Gasteiger charge is 2.27. The van der Waals surface area contributed by atoms with Gasteiger partial charge >= 0.3 is 5.69 Å². The van der Waals surface area contributed by atoms with Gasteiger partial charge in [0.15, 0.2) is 0 Å². The van der Waals surface area contributed by atoms with Crippen molar-refractivity contribution in [2.75, 3.05) is 30.0 Å². The van der Waals surface area contributed by atoms with Gasteiger partial charge in [-0.2, -0.15) is 4.98 Å². The number of nitrogens with zero attached hydrogens (tertiary/aromatic N) is 4. The second-order valence-electron chi connectivity index (χ2n) is 4.29. The fraction of sp³-hybridized carbons (Fsp3) is 0.500. The number of nitro groups is 1. The first-order chi connectivity index (χ1) is 9.52. The van der Waals surface area contributed by atoms with E-state index in [0.717, 1.165) is 0 Å². The number of anilines is 2. The van der Waals surface area contributed by atoms with Crippen molar-refractivity contribution in [2.45, 2.75) is 13.3 Å². The van der Waals surface area contributed by atoms with Gasteiger partial charge in [0, 0.05) is 26.1 Å². The maximum Gasteiger partial charge on any atom is 0.332 e. The third-order valence-corrected chi connectivity index (χ3v) is 2.96. The number of nitrogens with one attached hydrogen (secondary N) is 2. The van der Waals surface area contributed by atoms with Crippen LogP contribution < -0.4 is 21.5 Å². The normalized spacial score (nSPS) is 15.5. The highest BCUT2D eigenvalue weighted by Crippen LogP contribution is 2.29. The van der Waals surface area contributed by atoms with Gasteiger partial charge in [-0.1, -0.05) is 0 Å². The number of nitrogens with two attached hydrogens (primary N) is 1. The van der Waals surface area contributed by atoms with E-state index >= 15 is 0 Å². The van der Waals surface area contributed by atoms with Crippen LogP contribution in [0.25, 0.3) is 0 Å². The van der Waals surface area contributed by atoms with Crippen LogP contribution >= 0.6 is 0 Å². The molecule has 0 spiro atoms. The second-order valence-corrected chi connectivity index (χ2v) is 4.29. The quantitative estimate of drug-likeness (QED) is 0.375. The Bertz CT molecular complexity index is 548. The summed E-state index contributed by atoms with van der Waals surface area (Å²) < 4.78 is 0. The second kappa shape index (κ2) is 5.65. The molecule has 10 nitrogen and oxygen atoms in total. The third-order valence-electron chi connectivity index (χ3n) is 2.96. The van der Waals surface area contributed by atoms with E-state index < -0.39 is 4.92 Å². The first-order valence-corrected chi connectivity index (χ1v) is 6.04. The number of amides is 1. The van der Waals surface area contributed by atoms with Gasteiger partial charge in [-0.15, -0.1) is 0 Å². The summed E-state index contributed by atoms with van der Waals surface area (Å²) in [5.41, 5.74) is 2.33. The van der Waals surface area contributed by atoms with Crippen LogP contribution in [0.4, 0.5) is 17.5 Å². The van der Waals surface area contributed by atoms with E-state index in [1.54, 1.807) is 4.90 Å². The first-order valence-electron chi connectivity index (χ1n) is 6.04. The Kier molecular flexibility index (Phi) is 3.94. The molecule has 0 unspecified atom stereocenters. The Hall–Kier alpha value is -2.49. The highest BCUT2D eigenvalue weighted by molar-refractivity contribution is 5.77. The van der Waals surface area contributed by atoms with Crippen molar-refractivity contribution in [3.8, 4) is 0 Å². The number of nitrogen functional groups attached to an aromatic ring is 1. The summed E-state index contributed by atoms with van der Waals surface area (Å²) in [5.74, 6) is 5.46. The lowest BCUT2D eigenvalue weighted by Crippen LogP contribution is -2.30. The zero-order valence-electron chi connectivity index (χ0n) is 10.9. The molecule has 10 heteroatoms. The van der Waals surface area contributed by atoms with Crippen LogP contribution in [0, 0.1) is 17.0 Å². The summed E-state index contributed by atoms with van der Waals surface area (Å²) in [6, 6.07) is 0. The number of carbonyl (C=O) groups is 1. The van der Waals surface area contributed by atoms with E-state index in [1.807, 2.05) is 0 Å². The molecule has 1 aromatic heterocycles. The average Bonchev–Trinajstić information content (AvgIpc) is 2.62. The molecule has 1 amide bonds. The largest absolute Gasteiger partial charge is 0.354 e. The van der Waals surface area contributed by atoms with E-state index in [-0.39, 0.29) is 35.5 Å². The van der Waals surface area contributed by atoms with Gasteiger partial charge in [0.2, 0.25) is 17.7 Å². The highest BCUT2D eigenvalue weighted by atomic mass is 16.6. The lowest BCUT2D eigenvalue weighted by molar-refractivity contribution is -0.385. The summed E-state index contributed by atoms with van der Waals surface area (Å²) in [5, 5.41) is 13.9. The summed E-state index contributed by atoms with van der Waals surface area (Å²) in [7, 11) is 0. The maximum atomic E-state index is 11.3. The molecule has 1 aromatic rings. The number of aromatic nitrogens is 2. The molecule has 0 atom stereocenters. The molecule has 0 aliphatic carbocycles. The molecule has 1 saturated heterocycles. The van der Waals surface area contributed by atoms with Gasteiger partial charge in [-0.05, 0) is 6.92 Å². The summed E-state index contributed by atoms with van der Waals surface area (Å²) in [4.78, 5) is 31.7. The van der Waals surface area contributed by atoms with Gasteiger partial charge in [-0.25, -0.2) is 10.8 Å². The molecule has 4 N–H and O–H groups in total. The van der Waals surface area contributed by atoms with Gasteiger partial charge in [0.1, 0.15) is 5.69 Å². The Morgan fingerprint density at radius 1 is 1.45 bits per heavy atom. The molecule has 0 aromatic carbocycles. The van der Waals surface area contributed by atoms with Crippen molar-refractivity contribution < 1.29 is 9.72 Å². The molecular formula is C10H15N7O3. The standard InChI is InChI=1S/C10H15N7O3/c1-6-8(17(19)20)9(14-10(13-6)15-11)16-4-2-7(18)12-3-5-16/h2-5,11H2,1H3,(H,12,18)(H,13,14,15). The topological polar surface area (TPSA) is 139 Å². The van der Waals surface area contributed by atoms with Crippen LogP contribution in [0.15, 0.2) is 0 Å². The van der Waals surface area contributed by atoms with Gasteiger partial charge in [0.05, 0.1) is 4.92 Å². The molecule has 1 aliphatic rings. The Morgan fingerprint density at radius 3 is 2.85 bits per heavy atom. The van der Waals surface area contributed by atoms with Crippen LogP contribution in [0.5, 0.6) is 0 Å². The summed E-state index contributed by atoms with van der Waals surface area (Å²) in [6.45, 7) is 2.72. The van der Waals surface area contributed by atoms with Gasteiger partial charge in [0.25, 0.3) is 0 Å². The number of hydrogen-bond acceptors (Lipinski definition) is 8. The molecule has 2 rings (SSSR count). The maximum absolute atomic E-state index is 11.3. The number of aryl methyl sites for hydroxylation is 1. The number of carbonyl (C=O) groups excluding carboxylic acids is 1. The molecule has 108 valence electrons. The van der Waals surface area contributed by atoms with Crippen molar-refractivity contribution in [1.82, 2.24) is 15.3 Å². The summed E-state index contributed by atoms with van der Waals surface area (Å²) in [6.07, 6.45) is 0.256. The average molecular weight is 281 g/mol. The number of hydrogen-bond donors (Lipinski definition) is 3. The smallest absolute Gasteiger partial charge is 0.332 e. The van der Waals surface area contributed by atoms with E-state index in [0.29, 0.717) is 19.6 Å². The van der Waals surface area contributed by atoms with E-state index in [1.165, 1.54) is 6.92 Å².